The largest absolute Gasteiger partial charge is 0.507 e. The lowest BCUT2D eigenvalue weighted by atomic mass is 9.94. The van der Waals surface area contributed by atoms with Crippen molar-refractivity contribution in [1.29, 1.82) is 0 Å². The number of ketones is 1. The third-order valence-corrected chi connectivity index (χ3v) is 7.54. The fraction of sp³-hybridized carbons (Fsp3) is 0.448. The van der Waals surface area contributed by atoms with E-state index in [-0.39, 0.29) is 11.3 Å². The number of halogens is 2. The molecule has 0 aromatic heterocycles. The summed E-state index contributed by atoms with van der Waals surface area (Å²) in [5.41, 5.74) is 1.91. The van der Waals surface area contributed by atoms with Crippen molar-refractivity contribution < 1.29 is 24.2 Å². The van der Waals surface area contributed by atoms with E-state index >= 15 is 0 Å². The number of aliphatic hydroxyl groups is 1. The van der Waals surface area contributed by atoms with Crippen molar-refractivity contribution in [2.24, 2.45) is 5.92 Å². The highest BCUT2D eigenvalue weighted by Gasteiger charge is 2.46. The molecule has 7 nitrogen and oxygen atoms in total. The molecule has 1 atom stereocenters. The minimum atomic E-state index is -0.786. The maximum atomic E-state index is 13.3. The maximum Gasteiger partial charge on any atom is 0.295 e. The van der Waals surface area contributed by atoms with E-state index in [9.17, 15) is 14.7 Å². The van der Waals surface area contributed by atoms with E-state index in [1.54, 1.807) is 36.4 Å². The highest BCUT2D eigenvalue weighted by molar-refractivity contribution is 6.46. The van der Waals surface area contributed by atoms with Crippen molar-refractivity contribution in [3.05, 3.63) is 68.7 Å². The van der Waals surface area contributed by atoms with Crippen LogP contribution >= 0.6 is 23.2 Å². The normalized spacial score (nSPS) is 19.9. The van der Waals surface area contributed by atoms with Crippen LogP contribution in [0.2, 0.25) is 10.0 Å². The fourth-order valence-electron chi connectivity index (χ4n) is 4.80. The molecule has 1 amide bonds. The molecule has 0 aliphatic carbocycles. The van der Waals surface area contributed by atoms with Crippen molar-refractivity contribution in [3.63, 3.8) is 0 Å². The summed E-state index contributed by atoms with van der Waals surface area (Å²) in [6, 6.07) is 9.49. The summed E-state index contributed by atoms with van der Waals surface area (Å²) in [5.74, 6) is -0.512. The van der Waals surface area contributed by atoms with E-state index in [1.165, 1.54) is 4.90 Å². The Kier molecular flexibility index (Phi) is 9.36. The highest BCUT2D eigenvalue weighted by Crippen LogP contribution is 2.41. The minimum absolute atomic E-state index is 0.0370. The summed E-state index contributed by atoms with van der Waals surface area (Å²) in [4.78, 5) is 30.4. The molecule has 0 spiro atoms. The van der Waals surface area contributed by atoms with Crippen LogP contribution in [0, 0.1) is 12.8 Å². The molecular formula is C29H34Cl2N2O5. The molecule has 0 radical (unpaired) electrons. The molecule has 2 fully saturated rings. The molecule has 0 saturated carbocycles. The van der Waals surface area contributed by atoms with Gasteiger partial charge in [-0.25, -0.2) is 0 Å². The lowest BCUT2D eigenvalue weighted by Crippen LogP contribution is -2.38. The Morgan fingerprint density at radius 2 is 1.82 bits per heavy atom. The second-order valence-electron chi connectivity index (χ2n) is 10.2. The average molecular weight is 562 g/mol. The molecule has 9 heteroatoms. The van der Waals surface area contributed by atoms with E-state index in [1.807, 2.05) is 6.92 Å². The van der Waals surface area contributed by atoms with Crippen molar-refractivity contribution >= 4 is 40.7 Å². The van der Waals surface area contributed by atoms with Crippen LogP contribution in [0.1, 0.15) is 43.0 Å². The molecule has 2 aromatic rings. The van der Waals surface area contributed by atoms with E-state index in [4.69, 9.17) is 32.7 Å². The zero-order chi connectivity index (χ0) is 27.4. The number of aryl methyl sites for hydroxylation is 1. The second-order valence-corrected chi connectivity index (χ2v) is 11.0. The number of carbonyl (C=O) groups excluding carboxylic acids is 2. The number of amides is 1. The van der Waals surface area contributed by atoms with Crippen LogP contribution in [-0.4, -0.2) is 72.6 Å². The predicted octanol–water partition coefficient (Wildman–Crippen LogP) is 5.48. The van der Waals surface area contributed by atoms with Gasteiger partial charge in [0.15, 0.2) is 0 Å². The molecule has 38 heavy (non-hydrogen) atoms. The van der Waals surface area contributed by atoms with Gasteiger partial charge in [0.05, 0.1) is 41.5 Å². The summed E-state index contributed by atoms with van der Waals surface area (Å²) in [6.45, 7) is 10.8. The van der Waals surface area contributed by atoms with Crippen LogP contribution in [0.4, 0.5) is 0 Å². The van der Waals surface area contributed by atoms with Crippen LogP contribution in [0.3, 0.4) is 0 Å². The quantitative estimate of drug-likeness (QED) is 0.248. The summed E-state index contributed by atoms with van der Waals surface area (Å²) < 4.78 is 11.3. The van der Waals surface area contributed by atoms with Gasteiger partial charge in [0, 0.05) is 31.7 Å². The number of hydrogen-bond donors (Lipinski definition) is 1. The molecule has 2 saturated heterocycles. The Hall–Kier alpha value is -2.58. The standard InChI is InChI=1S/C29H34Cl2N2O5/c1-18(2)17-38-24-8-6-21(15-19(24)3)27(34)25-26(20-5-7-22(30)23(31)16-20)33(29(36)28(25)35)10-4-9-32-11-13-37-14-12-32/h5-8,15-16,18,26,34H,4,9-14,17H2,1-3H3/b27-25+/t26-/m0/s1. The number of benzene rings is 2. The van der Waals surface area contributed by atoms with Crippen molar-refractivity contribution in [3.8, 4) is 5.75 Å². The monoisotopic (exact) mass is 560 g/mol. The van der Waals surface area contributed by atoms with Gasteiger partial charge < -0.3 is 19.5 Å². The van der Waals surface area contributed by atoms with E-state index in [2.05, 4.69) is 18.7 Å². The van der Waals surface area contributed by atoms with Gasteiger partial charge in [-0.15, -0.1) is 0 Å². The zero-order valence-corrected chi connectivity index (χ0v) is 23.5. The van der Waals surface area contributed by atoms with E-state index in [0.717, 1.165) is 25.2 Å². The molecule has 2 aliphatic rings. The van der Waals surface area contributed by atoms with Crippen LogP contribution < -0.4 is 4.74 Å². The van der Waals surface area contributed by atoms with Crippen LogP contribution in [-0.2, 0) is 14.3 Å². The third-order valence-electron chi connectivity index (χ3n) is 6.80. The molecule has 0 bridgehead atoms. The van der Waals surface area contributed by atoms with Gasteiger partial charge >= 0.3 is 0 Å². The molecule has 2 aliphatic heterocycles. The van der Waals surface area contributed by atoms with Crippen LogP contribution in [0.5, 0.6) is 5.75 Å². The first-order valence-electron chi connectivity index (χ1n) is 12.9. The smallest absolute Gasteiger partial charge is 0.295 e. The number of nitrogens with zero attached hydrogens (tertiary/aromatic N) is 2. The number of Topliss-reactive ketones (excluding diaryl/α,β-unsaturated/α-hetero) is 1. The van der Waals surface area contributed by atoms with Gasteiger partial charge in [-0.2, -0.15) is 0 Å². The van der Waals surface area contributed by atoms with Gasteiger partial charge in [-0.05, 0) is 60.7 Å². The number of rotatable bonds is 9. The van der Waals surface area contributed by atoms with Gasteiger partial charge in [-0.3, -0.25) is 14.5 Å². The summed E-state index contributed by atoms with van der Waals surface area (Å²) in [6.07, 6.45) is 0.672. The predicted molar refractivity (Wildman–Crippen MR) is 149 cm³/mol. The zero-order valence-electron chi connectivity index (χ0n) is 22.0. The van der Waals surface area contributed by atoms with E-state index < -0.39 is 17.7 Å². The number of ether oxygens (including phenoxy) is 2. The topological polar surface area (TPSA) is 79.3 Å². The average Bonchev–Trinajstić information content (AvgIpc) is 3.14. The van der Waals surface area contributed by atoms with Gasteiger partial charge in [-0.1, -0.05) is 43.1 Å². The van der Waals surface area contributed by atoms with Crippen LogP contribution in [0.25, 0.3) is 5.76 Å². The molecule has 2 heterocycles. The Bertz CT molecular complexity index is 1220. The van der Waals surface area contributed by atoms with Crippen molar-refractivity contribution in [2.75, 3.05) is 46.0 Å². The number of hydrogen-bond acceptors (Lipinski definition) is 6. The number of morpholine rings is 1. The molecule has 1 N–H and O–H groups in total. The number of carbonyl (C=O) groups is 2. The molecule has 2 aromatic carbocycles. The lowest BCUT2D eigenvalue weighted by molar-refractivity contribution is -0.140. The molecule has 204 valence electrons. The van der Waals surface area contributed by atoms with E-state index in [0.29, 0.717) is 65.6 Å². The molecular weight excluding hydrogens is 527 g/mol. The number of aliphatic hydroxyl groups excluding tert-OH is 1. The minimum Gasteiger partial charge on any atom is -0.507 e. The summed E-state index contributed by atoms with van der Waals surface area (Å²) >= 11 is 12.5. The SMILES string of the molecule is Cc1cc(/C(O)=C2\C(=O)C(=O)N(CCCN3CCOCC3)[C@H]2c2ccc(Cl)c(Cl)c2)ccc1OCC(C)C. The summed E-state index contributed by atoms with van der Waals surface area (Å²) in [7, 11) is 0. The van der Waals surface area contributed by atoms with Crippen molar-refractivity contribution in [2.45, 2.75) is 33.2 Å². The Balaban J connectivity index is 1.68. The fourth-order valence-corrected chi connectivity index (χ4v) is 5.11. The molecule has 4 rings (SSSR count). The first-order valence-corrected chi connectivity index (χ1v) is 13.7. The second kappa shape index (κ2) is 12.5. The first kappa shape index (κ1) is 28.4. The van der Waals surface area contributed by atoms with Crippen molar-refractivity contribution in [1.82, 2.24) is 9.80 Å². The lowest BCUT2D eigenvalue weighted by Gasteiger charge is -2.29. The Morgan fingerprint density at radius 1 is 1.08 bits per heavy atom. The van der Waals surface area contributed by atoms with Gasteiger partial charge in [0.1, 0.15) is 11.5 Å². The Labute approximate surface area is 233 Å². The van der Waals surface area contributed by atoms with Gasteiger partial charge in [0.2, 0.25) is 0 Å². The Morgan fingerprint density at radius 3 is 2.47 bits per heavy atom. The summed E-state index contributed by atoms with van der Waals surface area (Å²) in [5, 5.41) is 12.1. The van der Waals surface area contributed by atoms with Crippen LogP contribution in [0.15, 0.2) is 42.0 Å². The number of likely N-dealkylation sites (tertiary alicyclic amines) is 1. The maximum absolute atomic E-state index is 13.3. The third kappa shape index (κ3) is 6.34. The molecule has 0 unspecified atom stereocenters. The first-order chi connectivity index (χ1) is 18.2. The van der Waals surface area contributed by atoms with Gasteiger partial charge in [0.25, 0.3) is 11.7 Å². The highest BCUT2D eigenvalue weighted by atomic mass is 35.5.